The number of aromatic amines is 1. The Bertz CT molecular complexity index is 555. The van der Waals surface area contributed by atoms with E-state index in [0.717, 1.165) is 22.6 Å². The molecule has 94 valence electrons. The van der Waals surface area contributed by atoms with E-state index >= 15 is 0 Å². The number of H-pyrrole nitrogens is 1. The molecular weight excluding hydrogens is 230 g/mol. The standard InChI is InChI=1S/C12H15N5O/c1-7-4-11(17-16-7)12(18)13-5-10-8(2)14-6-15-9(10)3/h4,6H,5H2,1-3H3,(H,13,18)(H,16,17). The monoisotopic (exact) mass is 245 g/mol. The van der Waals surface area contributed by atoms with Gasteiger partial charge in [-0.15, -0.1) is 0 Å². The molecule has 0 aromatic carbocycles. The molecule has 2 aromatic rings. The molecule has 0 aliphatic heterocycles. The number of hydrogen-bond acceptors (Lipinski definition) is 4. The Labute approximate surface area is 105 Å². The molecule has 0 unspecified atom stereocenters. The maximum Gasteiger partial charge on any atom is 0.272 e. The first-order valence-corrected chi connectivity index (χ1v) is 5.65. The second-order valence-corrected chi connectivity index (χ2v) is 4.14. The highest BCUT2D eigenvalue weighted by Gasteiger charge is 2.11. The molecule has 6 nitrogen and oxygen atoms in total. The highest BCUT2D eigenvalue weighted by molar-refractivity contribution is 5.92. The number of amides is 1. The van der Waals surface area contributed by atoms with Crippen LogP contribution in [0.25, 0.3) is 0 Å². The van der Waals surface area contributed by atoms with Crippen LogP contribution in [-0.4, -0.2) is 26.1 Å². The molecule has 0 saturated heterocycles. The number of nitrogens with one attached hydrogen (secondary N) is 2. The molecule has 0 radical (unpaired) electrons. The van der Waals surface area contributed by atoms with Gasteiger partial charge < -0.3 is 5.32 Å². The van der Waals surface area contributed by atoms with Gasteiger partial charge in [0.05, 0.1) is 0 Å². The Morgan fingerprint density at radius 2 is 1.94 bits per heavy atom. The average molecular weight is 245 g/mol. The Kier molecular flexibility index (Phi) is 3.36. The van der Waals surface area contributed by atoms with Crippen LogP contribution in [0.3, 0.4) is 0 Å². The fourth-order valence-corrected chi connectivity index (χ4v) is 1.67. The highest BCUT2D eigenvalue weighted by atomic mass is 16.1. The van der Waals surface area contributed by atoms with E-state index in [1.165, 1.54) is 6.33 Å². The van der Waals surface area contributed by atoms with Crippen LogP contribution in [0, 0.1) is 20.8 Å². The predicted octanol–water partition coefficient (Wildman–Crippen LogP) is 1.05. The third-order valence-electron chi connectivity index (χ3n) is 2.74. The van der Waals surface area contributed by atoms with Gasteiger partial charge in [0.1, 0.15) is 12.0 Å². The highest BCUT2D eigenvalue weighted by Crippen LogP contribution is 2.08. The Morgan fingerprint density at radius 1 is 1.28 bits per heavy atom. The Hall–Kier alpha value is -2.24. The lowest BCUT2D eigenvalue weighted by Gasteiger charge is -2.08. The van der Waals surface area contributed by atoms with Gasteiger partial charge in [-0.2, -0.15) is 5.10 Å². The lowest BCUT2D eigenvalue weighted by atomic mass is 10.1. The zero-order valence-corrected chi connectivity index (χ0v) is 10.6. The third-order valence-corrected chi connectivity index (χ3v) is 2.74. The average Bonchev–Trinajstić information content (AvgIpc) is 2.75. The molecule has 0 fully saturated rings. The van der Waals surface area contributed by atoms with Gasteiger partial charge >= 0.3 is 0 Å². The van der Waals surface area contributed by atoms with Crippen LogP contribution in [0.5, 0.6) is 0 Å². The van der Waals surface area contributed by atoms with Crippen molar-refractivity contribution in [3.05, 3.63) is 40.7 Å². The molecule has 2 heterocycles. The quantitative estimate of drug-likeness (QED) is 0.846. The van der Waals surface area contributed by atoms with Gasteiger partial charge in [0.25, 0.3) is 5.91 Å². The van der Waals surface area contributed by atoms with Crippen LogP contribution >= 0.6 is 0 Å². The predicted molar refractivity (Wildman–Crippen MR) is 66.0 cm³/mol. The first-order chi connectivity index (χ1) is 8.58. The summed E-state index contributed by atoms with van der Waals surface area (Å²) < 4.78 is 0. The minimum atomic E-state index is -0.206. The number of carbonyl (C=O) groups excluding carboxylic acids is 1. The van der Waals surface area contributed by atoms with Crippen LogP contribution in [-0.2, 0) is 6.54 Å². The van der Waals surface area contributed by atoms with Gasteiger partial charge in [0.15, 0.2) is 0 Å². The lowest BCUT2D eigenvalue weighted by Crippen LogP contribution is -2.24. The largest absolute Gasteiger partial charge is 0.346 e. The maximum absolute atomic E-state index is 11.8. The van der Waals surface area contributed by atoms with Gasteiger partial charge in [0.2, 0.25) is 0 Å². The van der Waals surface area contributed by atoms with Crippen LogP contribution in [0.2, 0.25) is 0 Å². The van der Waals surface area contributed by atoms with Crippen molar-refractivity contribution < 1.29 is 4.79 Å². The topological polar surface area (TPSA) is 83.6 Å². The maximum atomic E-state index is 11.8. The van der Waals surface area contributed by atoms with Crippen molar-refractivity contribution in [2.75, 3.05) is 0 Å². The van der Waals surface area contributed by atoms with Crippen LogP contribution in [0.15, 0.2) is 12.4 Å². The van der Waals surface area contributed by atoms with Crippen molar-refractivity contribution in [3.8, 4) is 0 Å². The Balaban J connectivity index is 2.06. The van der Waals surface area contributed by atoms with Crippen molar-refractivity contribution in [1.82, 2.24) is 25.5 Å². The molecule has 0 aliphatic rings. The minimum absolute atomic E-state index is 0.206. The van der Waals surface area contributed by atoms with Gasteiger partial charge in [-0.25, -0.2) is 9.97 Å². The molecule has 1 amide bonds. The number of nitrogens with zero attached hydrogens (tertiary/aromatic N) is 3. The molecule has 2 rings (SSSR count). The van der Waals surface area contributed by atoms with E-state index in [2.05, 4.69) is 25.5 Å². The van der Waals surface area contributed by atoms with Crippen LogP contribution in [0.4, 0.5) is 0 Å². The number of carbonyl (C=O) groups is 1. The molecule has 2 N–H and O–H groups in total. The van der Waals surface area contributed by atoms with Crippen molar-refractivity contribution in [3.63, 3.8) is 0 Å². The number of hydrogen-bond donors (Lipinski definition) is 2. The fraction of sp³-hybridized carbons (Fsp3) is 0.333. The summed E-state index contributed by atoms with van der Waals surface area (Å²) in [5.41, 5.74) is 3.94. The van der Waals surface area contributed by atoms with E-state index in [1.54, 1.807) is 6.07 Å². The second-order valence-electron chi connectivity index (χ2n) is 4.14. The summed E-state index contributed by atoms with van der Waals surface area (Å²) in [6, 6.07) is 1.70. The molecular formula is C12H15N5O. The summed E-state index contributed by atoms with van der Waals surface area (Å²) in [4.78, 5) is 20.0. The normalized spacial score (nSPS) is 10.4. The molecule has 0 aliphatic carbocycles. The summed E-state index contributed by atoms with van der Waals surface area (Å²) in [5.74, 6) is -0.206. The lowest BCUT2D eigenvalue weighted by molar-refractivity contribution is 0.0945. The Morgan fingerprint density at radius 3 is 2.50 bits per heavy atom. The summed E-state index contributed by atoms with van der Waals surface area (Å²) in [7, 11) is 0. The minimum Gasteiger partial charge on any atom is -0.346 e. The van der Waals surface area contributed by atoms with Crippen molar-refractivity contribution in [2.45, 2.75) is 27.3 Å². The van der Waals surface area contributed by atoms with E-state index in [9.17, 15) is 4.79 Å². The molecule has 0 saturated carbocycles. The summed E-state index contributed by atoms with van der Waals surface area (Å²) in [6.45, 7) is 6.05. The van der Waals surface area contributed by atoms with Gasteiger partial charge in [0, 0.05) is 29.2 Å². The molecule has 6 heteroatoms. The second kappa shape index (κ2) is 4.95. The summed E-state index contributed by atoms with van der Waals surface area (Å²) in [6.07, 6.45) is 1.52. The molecule has 18 heavy (non-hydrogen) atoms. The van der Waals surface area contributed by atoms with Crippen molar-refractivity contribution in [2.24, 2.45) is 0 Å². The SMILES string of the molecule is Cc1cc(C(=O)NCc2c(C)ncnc2C)n[nH]1. The third kappa shape index (κ3) is 2.53. The molecule has 0 bridgehead atoms. The van der Waals surface area contributed by atoms with E-state index in [4.69, 9.17) is 0 Å². The first-order valence-electron chi connectivity index (χ1n) is 5.65. The molecule has 0 atom stereocenters. The van der Waals surface area contributed by atoms with Crippen LogP contribution in [0.1, 0.15) is 33.1 Å². The van der Waals surface area contributed by atoms with Gasteiger partial charge in [-0.1, -0.05) is 0 Å². The number of aryl methyl sites for hydroxylation is 3. The molecule has 2 aromatic heterocycles. The number of aromatic nitrogens is 4. The van der Waals surface area contributed by atoms with E-state index < -0.39 is 0 Å². The number of rotatable bonds is 3. The van der Waals surface area contributed by atoms with E-state index in [1.807, 2.05) is 20.8 Å². The van der Waals surface area contributed by atoms with Crippen molar-refractivity contribution >= 4 is 5.91 Å². The van der Waals surface area contributed by atoms with E-state index in [-0.39, 0.29) is 5.91 Å². The fourth-order valence-electron chi connectivity index (χ4n) is 1.67. The zero-order valence-electron chi connectivity index (χ0n) is 10.6. The van der Waals surface area contributed by atoms with Gasteiger partial charge in [-0.3, -0.25) is 9.89 Å². The summed E-state index contributed by atoms with van der Waals surface area (Å²) >= 11 is 0. The van der Waals surface area contributed by atoms with Gasteiger partial charge in [-0.05, 0) is 26.8 Å². The molecule has 0 spiro atoms. The zero-order chi connectivity index (χ0) is 13.1. The summed E-state index contributed by atoms with van der Waals surface area (Å²) in [5, 5.41) is 9.45. The van der Waals surface area contributed by atoms with E-state index in [0.29, 0.717) is 12.2 Å². The van der Waals surface area contributed by atoms with Crippen LogP contribution < -0.4 is 5.32 Å². The first kappa shape index (κ1) is 12.2. The van der Waals surface area contributed by atoms with Crippen molar-refractivity contribution in [1.29, 1.82) is 0 Å². The smallest absolute Gasteiger partial charge is 0.272 e.